The molecule has 0 aliphatic carbocycles. The molecule has 28 heavy (non-hydrogen) atoms. The summed E-state index contributed by atoms with van der Waals surface area (Å²) in [4.78, 5) is 25.0. The first-order valence-corrected chi connectivity index (χ1v) is 8.39. The number of carbonyl (C=O) groups excluding carboxylic acids is 2. The second-order valence-electron chi connectivity index (χ2n) is 6.10. The summed E-state index contributed by atoms with van der Waals surface area (Å²) in [7, 11) is 0. The topological polar surface area (TPSA) is 119 Å². The van der Waals surface area contributed by atoms with Crippen molar-refractivity contribution in [3.63, 3.8) is 0 Å². The summed E-state index contributed by atoms with van der Waals surface area (Å²) < 4.78 is 0. The molecule has 0 atom stereocenters. The number of amides is 2. The van der Waals surface area contributed by atoms with Crippen LogP contribution in [0.25, 0.3) is 0 Å². The Kier molecular flexibility index (Phi) is 5.17. The van der Waals surface area contributed by atoms with Gasteiger partial charge < -0.3 is 26.0 Å². The van der Waals surface area contributed by atoms with Gasteiger partial charge in [-0.25, -0.2) is 0 Å². The molecule has 0 fully saturated rings. The van der Waals surface area contributed by atoms with Crippen molar-refractivity contribution in [1.82, 2.24) is 0 Å². The maximum absolute atomic E-state index is 12.5. The van der Waals surface area contributed by atoms with Crippen molar-refractivity contribution in [3.8, 4) is 17.2 Å². The third-order valence-electron chi connectivity index (χ3n) is 4.17. The van der Waals surface area contributed by atoms with E-state index in [-0.39, 0.29) is 22.6 Å². The third kappa shape index (κ3) is 3.73. The Labute approximate surface area is 160 Å². The lowest BCUT2D eigenvalue weighted by Crippen LogP contribution is -2.17. The number of benzene rings is 3. The van der Waals surface area contributed by atoms with Crippen LogP contribution in [0.4, 0.5) is 11.4 Å². The molecule has 0 unspecified atom stereocenters. The fourth-order valence-corrected chi connectivity index (χ4v) is 2.64. The number of anilines is 2. The Hall–Kier alpha value is -4.00. The van der Waals surface area contributed by atoms with Gasteiger partial charge in [-0.2, -0.15) is 0 Å². The Balaban J connectivity index is 1.85. The summed E-state index contributed by atoms with van der Waals surface area (Å²) in [5, 5.41) is 34.7. The molecule has 0 radical (unpaired) electrons. The lowest BCUT2D eigenvalue weighted by molar-refractivity contribution is 0.101. The minimum Gasteiger partial charge on any atom is -0.507 e. The van der Waals surface area contributed by atoms with Crippen LogP contribution in [0.5, 0.6) is 17.2 Å². The smallest absolute Gasteiger partial charge is 0.259 e. The summed E-state index contributed by atoms with van der Waals surface area (Å²) in [6, 6.07) is 15.4. The van der Waals surface area contributed by atoms with Crippen LogP contribution >= 0.6 is 0 Å². The molecule has 3 aromatic carbocycles. The molecule has 0 aliphatic heterocycles. The molecule has 0 bridgehead atoms. The quantitative estimate of drug-likeness (QED) is 0.444. The SMILES string of the molecule is Cc1cccc(C(=O)Nc2ccccc2NC(=O)c2cccc(O)c2O)c1O. The molecule has 2 amide bonds. The van der Waals surface area contributed by atoms with Gasteiger partial charge >= 0.3 is 0 Å². The maximum Gasteiger partial charge on any atom is 0.259 e. The van der Waals surface area contributed by atoms with E-state index in [1.54, 1.807) is 43.3 Å². The summed E-state index contributed by atoms with van der Waals surface area (Å²) in [6.07, 6.45) is 0. The number of aromatic hydroxyl groups is 3. The Morgan fingerprint density at radius 3 is 1.75 bits per heavy atom. The van der Waals surface area contributed by atoms with Gasteiger partial charge in [-0.05, 0) is 42.8 Å². The van der Waals surface area contributed by atoms with E-state index in [1.165, 1.54) is 24.3 Å². The Morgan fingerprint density at radius 1 is 0.679 bits per heavy atom. The highest BCUT2D eigenvalue weighted by atomic mass is 16.3. The molecule has 3 aromatic rings. The maximum atomic E-state index is 12.5. The fourth-order valence-electron chi connectivity index (χ4n) is 2.64. The Morgan fingerprint density at radius 2 is 1.18 bits per heavy atom. The summed E-state index contributed by atoms with van der Waals surface area (Å²) >= 11 is 0. The van der Waals surface area contributed by atoms with Gasteiger partial charge in [0.1, 0.15) is 5.75 Å². The van der Waals surface area contributed by atoms with Crippen LogP contribution in [0, 0.1) is 6.92 Å². The van der Waals surface area contributed by atoms with Gasteiger partial charge in [0.15, 0.2) is 11.5 Å². The molecule has 0 spiro atoms. The van der Waals surface area contributed by atoms with Gasteiger partial charge in [-0.1, -0.05) is 30.3 Å². The van der Waals surface area contributed by atoms with Gasteiger partial charge in [-0.15, -0.1) is 0 Å². The van der Waals surface area contributed by atoms with E-state index in [0.717, 1.165) is 0 Å². The molecule has 7 heteroatoms. The van der Waals surface area contributed by atoms with Crippen LogP contribution < -0.4 is 10.6 Å². The first-order valence-electron chi connectivity index (χ1n) is 8.39. The third-order valence-corrected chi connectivity index (χ3v) is 4.17. The van der Waals surface area contributed by atoms with E-state index in [9.17, 15) is 24.9 Å². The van der Waals surface area contributed by atoms with Crippen LogP contribution in [0.1, 0.15) is 26.3 Å². The number of carbonyl (C=O) groups is 2. The average Bonchev–Trinajstić information content (AvgIpc) is 2.67. The number of rotatable bonds is 4. The molecule has 5 N–H and O–H groups in total. The summed E-state index contributed by atoms with van der Waals surface area (Å²) in [5.41, 5.74) is 1.15. The van der Waals surface area contributed by atoms with Crippen molar-refractivity contribution < 1.29 is 24.9 Å². The standard InChI is InChI=1S/C21H18N2O5/c1-12-6-4-7-13(18(12)25)20(27)22-15-9-2-3-10-16(15)23-21(28)14-8-5-11-17(24)19(14)26/h2-11,24-26H,1H3,(H,22,27)(H,23,28). The van der Waals surface area contributed by atoms with E-state index in [1.807, 2.05) is 0 Å². The van der Waals surface area contributed by atoms with Gasteiger partial charge in [0.05, 0.1) is 22.5 Å². The molecule has 0 saturated heterocycles. The number of phenolic OH excluding ortho intramolecular Hbond substituents is 3. The molecule has 0 aliphatic rings. The van der Waals surface area contributed by atoms with Crippen LogP contribution in [0.15, 0.2) is 60.7 Å². The molecule has 0 aromatic heterocycles. The van der Waals surface area contributed by atoms with E-state index in [4.69, 9.17) is 0 Å². The number of nitrogens with one attached hydrogen (secondary N) is 2. The van der Waals surface area contributed by atoms with Gasteiger partial charge in [0.25, 0.3) is 11.8 Å². The summed E-state index contributed by atoms with van der Waals surface area (Å²) in [6.45, 7) is 1.68. The first kappa shape index (κ1) is 18.8. The highest BCUT2D eigenvalue weighted by Gasteiger charge is 2.17. The van der Waals surface area contributed by atoms with Gasteiger partial charge in [0.2, 0.25) is 0 Å². The zero-order valence-electron chi connectivity index (χ0n) is 14.9. The molecular weight excluding hydrogens is 360 g/mol. The minimum absolute atomic E-state index is 0.103. The Bertz CT molecular complexity index is 978. The second-order valence-corrected chi connectivity index (χ2v) is 6.10. The highest BCUT2D eigenvalue weighted by Crippen LogP contribution is 2.30. The van der Waals surface area contributed by atoms with Crippen molar-refractivity contribution in [2.45, 2.75) is 6.92 Å². The first-order chi connectivity index (χ1) is 13.4. The van der Waals surface area contributed by atoms with E-state index in [2.05, 4.69) is 10.6 Å². The normalized spacial score (nSPS) is 10.3. The molecule has 0 heterocycles. The van der Waals surface area contributed by atoms with Crippen molar-refractivity contribution in [2.24, 2.45) is 0 Å². The molecule has 142 valence electrons. The van der Waals surface area contributed by atoms with Gasteiger partial charge in [-0.3, -0.25) is 9.59 Å². The van der Waals surface area contributed by atoms with Crippen LogP contribution in [-0.2, 0) is 0 Å². The number of hydrogen-bond acceptors (Lipinski definition) is 5. The zero-order chi connectivity index (χ0) is 20.3. The number of aryl methyl sites for hydroxylation is 1. The number of phenols is 3. The zero-order valence-corrected chi connectivity index (χ0v) is 14.9. The number of para-hydroxylation sites is 4. The van der Waals surface area contributed by atoms with Crippen LogP contribution in [0.2, 0.25) is 0 Å². The van der Waals surface area contributed by atoms with E-state index in [0.29, 0.717) is 11.3 Å². The van der Waals surface area contributed by atoms with Crippen molar-refractivity contribution in [1.29, 1.82) is 0 Å². The molecule has 7 nitrogen and oxygen atoms in total. The van der Waals surface area contributed by atoms with E-state index >= 15 is 0 Å². The average molecular weight is 378 g/mol. The predicted molar refractivity (Wildman–Crippen MR) is 105 cm³/mol. The lowest BCUT2D eigenvalue weighted by Gasteiger charge is -2.14. The van der Waals surface area contributed by atoms with Crippen molar-refractivity contribution >= 4 is 23.2 Å². The monoisotopic (exact) mass is 378 g/mol. The highest BCUT2D eigenvalue weighted by molar-refractivity contribution is 6.11. The van der Waals surface area contributed by atoms with E-state index < -0.39 is 23.3 Å². The van der Waals surface area contributed by atoms with Gasteiger partial charge in [0, 0.05) is 0 Å². The summed E-state index contributed by atoms with van der Waals surface area (Å²) in [5.74, 6) is -2.27. The van der Waals surface area contributed by atoms with Crippen molar-refractivity contribution in [2.75, 3.05) is 10.6 Å². The van der Waals surface area contributed by atoms with Crippen LogP contribution in [0.3, 0.4) is 0 Å². The largest absolute Gasteiger partial charge is 0.507 e. The molecule has 0 saturated carbocycles. The van der Waals surface area contributed by atoms with Crippen LogP contribution in [-0.4, -0.2) is 27.1 Å². The lowest BCUT2D eigenvalue weighted by atomic mass is 10.1. The second kappa shape index (κ2) is 7.71. The predicted octanol–water partition coefficient (Wildman–Crippen LogP) is 3.62. The molecular formula is C21H18N2O5. The number of hydrogen-bond donors (Lipinski definition) is 5. The molecule has 3 rings (SSSR count). The minimum atomic E-state index is -0.659. The van der Waals surface area contributed by atoms with Crippen molar-refractivity contribution in [3.05, 3.63) is 77.4 Å². The fraction of sp³-hybridized carbons (Fsp3) is 0.0476.